The Morgan fingerprint density at radius 1 is 1.19 bits per heavy atom. The predicted molar refractivity (Wildman–Crippen MR) is 73.1 cm³/mol. The average Bonchev–Trinajstić information content (AvgIpc) is 2.78. The largest absolute Gasteiger partial charge is 0.495 e. The molecule has 0 fully saturated rings. The summed E-state index contributed by atoms with van der Waals surface area (Å²) in [5.74, 6) is -0.788. The highest BCUT2D eigenvalue weighted by Crippen LogP contribution is 2.36. The molecular formula is C15H9N3O3. The van der Waals surface area contributed by atoms with Crippen LogP contribution in [0.3, 0.4) is 0 Å². The molecule has 0 aliphatic carbocycles. The van der Waals surface area contributed by atoms with E-state index in [1.165, 1.54) is 25.4 Å². The Bertz CT molecular complexity index is 773. The van der Waals surface area contributed by atoms with Gasteiger partial charge in [-0.15, -0.1) is 0 Å². The Kier molecular flexibility index (Phi) is 2.88. The SMILES string of the molecule is COc1cccc(C#N)c1N1C(=O)c2cccnc2C1=O. The number of hydrogen-bond acceptors (Lipinski definition) is 5. The molecule has 2 aromatic rings. The molecule has 2 heterocycles. The zero-order valence-electron chi connectivity index (χ0n) is 11.0. The number of anilines is 1. The van der Waals surface area contributed by atoms with Crippen molar-refractivity contribution in [2.75, 3.05) is 12.0 Å². The highest BCUT2D eigenvalue weighted by Gasteiger charge is 2.40. The van der Waals surface area contributed by atoms with Crippen LogP contribution in [0.15, 0.2) is 36.5 Å². The molecule has 0 radical (unpaired) electrons. The van der Waals surface area contributed by atoms with E-state index in [0.717, 1.165) is 4.90 Å². The summed E-state index contributed by atoms with van der Waals surface area (Å²) < 4.78 is 5.18. The highest BCUT2D eigenvalue weighted by molar-refractivity contribution is 6.34. The molecule has 6 heteroatoms. The fraction of sp³-hybridized carbons (Fsp3) is 0.0667. The van der Waals surface area contributed by atoms with Gasteiger partial charge in [-0.25, -0.2) is 4.90 Å². The van der Waals surface area contributed by atoms with E-state index in [2.05, 4.69) is 4.98 Å². The molecule has 1 aromatic carbocycles. The maximum Gasteiger partial charge on any atom is 0.284 e. The predicted octanol–water partition coefficient (Wildman–Crippen LogP) is 1.76. The first-order valence-electron chi connectivity index (χ1n) is 6.10. The van der Waals surface area contributed by atoms with Crippen LogP contribution >= 0.6 is 0 Å². The van der Waals surface area contributed by atoms with E-state index in [9.17, 15) is 14.9 Å². The summed E-state index contributed by atoms with van der Waals surface area (Å²) in [7, 11) is 1.41. The number of hydrogen-bond donors (Lipinski definition) is 0. The van der Waals surface area contributed by atoms with E-state index in [4.69, 9.17) is 4.74 Å². The molecule has 0 unspecified atom stereocenters. The van der Waals surface area contributed by atoms with Crippen LogP contribution in [0, 0.1) is 11.3 Å². The van der Waals surface area contributed by atoms with E-state index < -0.39 is 11.8 Å². The maximum atomic E-state index is 12.4. The minimum atomic E-state index is -0.559. The third-order valence-electron chi connectivity index (χ3n) is 3.21. The van der Waals surface area contributed by atoms with Gasteiger partial charge in [-0.2, -0.15) is 5.26 Å². The molecule has 6 nitrogen and oxygen atoms in total. The average molecular weight is 279 g/mol. The van der Waals surface area contributed by atoms with Gasteiger partial charge < -0.3 is 4.74 Å². The standard InChI is InChI=1S/C15H9N3O3/c1-21-11-6-2-4-9(8-16)13(11)18-14(19)10-5-3-7-17-12(10)15(18)20/h2-7H,1H3. The minimum absolute atomic E-state index is 0.0808. The first-order chi connectivity index (χ1) is 10.2. The van der Waals surface area contributed by atoms with Gasteiger partial charge in [0.15, 0.2) is 0 Å². The van der Waals surface area contributed by atoms with E-state index in [-0.39, 0.29) is 28.3 Å². The molecule has 3 rings (SSSR count). The van der Waals surface area contributed by atoms with Crippen molar-refractivity contribution in [1.82, 2.24) is 4.98 Å². The summed E-state index contributed by atoms with van der Waals surface area (Å²) in [6.07, 6.45) is 1.45. The number of carbonyl (C=O) groups is 2. The second-order valence-electron chi connectivity index (χ2n) is 4.31. The van der Waals surface area contributed by atoms with Crippen LogP contribution in [0.5, 0.6) is 5.75 Å². The molecule has 0 saturated heterocycles. The molecule has 1 aromatic heterocycles. The van der Waals surface area contributed by atoms with E-state index in [1.807, 2.05) is 6.07 Å². The smallest absolute Gasteiger partial charge is 0.284 e. The second kappa shape index (κ2) is 4.72. The van der Waals surface area contributed by atoms with Crippen molar-refractivity contribution in [1.29, 1.82) is 5.26 Å². The van der Waals surface area contributed by atoms with E-state index >= 15 is 0 Å². The number of fused-ring (bicyclic) bond motifs is 1. The van der Waals surface area contributed by atoms with Crippen LogP contribution in [-0.2, 0) is 0 Å². The van der Waals surface area contributed by atoms with Gasteiger partial charge in [0.2, 0.25) is 0 Å². The summed E-state index contributed by atoms with van der Waals surface area (Å²) in [6.45, 7) is 0. The Morgan fingerprint density at radius 3 is 2.67 bits per heavy atom. The Balaban J connectivity index is 2.23. The third kappa shape index (κ3) is 1.75. The Morgan fingerprint density at radius 2 is 2.00 bits per heavy atom. The quantitative estimate of drug-likeness (QED) is 0.782. The molecule has 0 spiro atoms. The van der Waals surface area contributed by atoms with Crippen molar-refractivity contribution in [3.05, 3.63) is 53.3 Å². The van der Waals surface area contributed by atoms with Crippen LogP contribution in [0.1, 0.15) is 26.4 Å². The van der Waals surface area contributed by atoms with Crippen LogP contribution in [0.2, 0.25) is 0 Å². The third-order valence-corrected chi connectivity index (χ3v) is 3.21. The lowest BCUT2D eigenvalue weighted by Gasteiger charge is -2.18. The first kappa shape index (κ1) is 12.8. The summed E-state index contributed by atoms with van der Waals surface area (Å²) in [5, 5.41) is 9.22. The molecular weight excluding hydrogens is 270 g/mol. The van der Waals surface area contributed by atoms with Crippen molar-refractivity contribution >= 4 is 17.5 Å². The number of aromatic nitrogens is 1. The fourth-order valence-electron chi connectivity index (χ4n) is 2.28. The first-order valence-corrected chi connectivity index (χ1v) is 6.10. The van der Waals surface area contributed by atoms with Gasteiger partial charge in [-0.1, -0.05) is 6.07 Å². The number of amides is 2. The monoisotopic (exact) mass is 279 g/mol. The molecule has 1 aliphatic rings. The van der Waals surface area contributed by atoms with E-state index in [0.29, 0.717) is 0 Å². The van der Waals surface area contributed by atoms with Crippen LogP contribution in [0.4, 0.5) is 5.69 Å². The zero-order valence-corrected chi connectivity index (χ0v) is 11.0. The number of para-hydroxylation sites is 1. The van der Waals surface area contributed by atoms with Crippen molar-refractivity contribution in [3.8, 4) is 11.8 Å². The van der Waals surface area contributed by atoms with Gasteiger partial charge in [0, 0.05) is 6.20 Å². The Hall–Kier alpha value is -3.20. The zero-order chi connectivity index (χ0) is 15.0. The topological polar surface area (TPSA) is 83.3 Å². The second-order valence-corrected chi connectivity index (χ2v) is 4.31. The number of rotatable bonds is 2. The molecule has 0 saturated carbocycles. The molecule has 2 amide bonds. The number of methoxy groups -OCH3 is 1. The van der Waals surface area contributed by atoms with Gasteiger partial charge in [0.1, 0.15) is 23.2 Å². The molecule has 0 atom stereocenters. The minimum Gasteiger partial charge on any atom is -0.495 e. The number of ether oxygens (including phenoxy) is 1. The fourth-order valence-corrected chi connectivity index (χ4v) is 2.28. The van der Waals surface area contributed by atoms with Gasteiger partial charge >= 0.3 is 0 Å². The summed E-state index contributed by atoms with van der Waals surface area (Å²) >= 11 is 0. The molecule has 102 valence electrons. The number of nitriles is 1. The number of carbonyl (C=O) groups excluding carboxylic acids is 2. The number of pyridine rings is 1. The summed E-state index contributed by atoms with van der Waals surface area (Å²) in [4.78, 5) is 29.7. The molecule has 1 aliphatic heterocycles. The lowest BCUT2D eigenvalue weighted by Crippen LogP contribution is -2.30. The number of benzene rings is 1. The number of imide groups is 1. The highest BCUT2D eigenvalue weighted by atomic mass is 16.5. The summed E-state index contributed by atoms with van der Waals surface area (Å²) in [5.41, 5.74) is 0.633. The van der Waals surface area contributed by atoms with Gasteiger partial charge in [0.05, 0.1) is 18.2 Å². The normalized spacial score (nSPS) is 13.0. The van der Waals surface area contributed by atoms with Crippen molar-refractivity contribution in [2.45, 2.75) is 0 Å². The number of nitrogens with zero attached hydrogens (tertiary/aromatic N) is 3. The van der Waals surface area contributed by atoms with Crippen LogP contribution in [0.25, 0.3) is 0 Å². The molecule has 0 bridgehead atoms. The van der Waals surface area contributed by atoms with Crippen molar-refractivity contribution in [3.63, 3.8) is 0 Å². The molecule has 21 heavy (non-hydrogen) atoms. The van der Waals surface area contributed by atoms with Crippen molar-refractivity contribution in [2.24, 2.45) is 0 Å². The van der Waals surface area contributed by atoms with E-state index in [1.54, 1.807) is 18.2 Å². The van der Waals surface area contributed by atoms with Crippen LogP contribution < -0.4 is 9.64 Å². The maximum absolute atomic E-state index is 12.4. The summed E-state index contributed by atoms with van der Waals surface area (Å²) in [6, 6.07) is 9.82. The van der Waals surface area contributed by atoms with Crippen LogP contribution in [-0.4, -0.2) is 23.9 Å². The van der Waals surface area contributed by atoms with Gasteiger partial charge in [-0.05, 0) is 24.3 Å². The Labute approximate surface area is 120 Å². The van der Waals surface area contributed by atoms with Gasteiger partial charge in [-0.3, -0.25) is 14.6 Å². The lowest BCUT2D eigenvalue weighted by molar-refractivity contribution is 0.0923. The van der Waals surface area contributed by atoms with Gasteiger partial charge in [0.25, 0.3) is 11.8 Å². The molecule has 0 N–H and O–H groups in total. The lowest BCUT2D eigenvalue weighted by atomic mass is 10.1. The van der Waals surface area contributed by atoms with Crippen molar-refractivity contribution < 1.29 is 14.3 Å².